The maximum Gasteiger partial charge on any atom is 0.264 e. The van der Waals surface area contributed by atoms with E-state index < -0.39 is 10.0 Å². The molecule has 1 amide bonds. The second-order valence-corrected chi connectivity index (χ2v) is 9.10. The van der Waals surface area contributed by atoms with Gasteiger partial charge in [-0.2, -0.15) is 0 Å². The normalized spacial score (nSPS) is 11.5. The van der Waals surface area contributed by atoms with Crippen LogP contribution < -0.4 is 9.62 Å². The molecule has 0 fully saturated rings. The minimum absolute atomic E-state index is 0.140. The lowest BCUT2D eigenvalue weighted by Crippen LogP contribution is -2.41. The van der Waals surface area contributed by atoms with Crippen molar-refractivity contribution in [2.24, 2.45) is 0 Å². The predicted octanol–water partition coefficient (Wildman–Crippen LogP) is 3.43. The molecule has 0 radical (unpaired) electrons. The molecule has 0 unspecified atom stereocenters. The Bertz CT molecular complexity index is 912. The van der Waals surface area contributed by atoms with Crippen molar-refractivity contribution < 1.29 is 17.9 Å². The Balaban J connectivity index is 2.21. The van der Waals surface area contributed by atoms with Crippen LogP contribution in [0, 0.1) is 13.8 Å². The van der Waals surface area contributed by atoms with Gasteiger partial charge in [0.05, 0.1) is 16.7 Å². The van der Waals surface area contributed by atoms with Crippen LogP contribution in [0.25, 0.3) is 0 Å². The first-order chi connectivity index (χ1) is 13.7. The van der Waals surface area contributed by atoms with Gasteiger partial charge in [-0.1, -0.05) is 35.9 Å². The van der Waals surface area contributed by atoms with Gasteiger partial charge >= 0.3 is 0 Å². The van der Waals surface area contributed by atoms with Crippen molar-refractivity contribution in [3.63, 3.8) is 0 Å². The molecule has 0 spiro atoms. The van der Waals surface area contributed by atoms with Crippen LogP contribution in [0.5, 0.6) is 0 Å². The van der Waals surface area contributed by atoms with Crippen LogP contribution in [0.4, 0.5) is 5.69 Å². The van der Waals surface area contributed by atoms with E-state index in [9.17, 15) is 13.2 Å². The summed E-state index contributed by atoms with van der Waals surface area (Å²) in [5.74, 6) is -0.353. The van der Waals surface area contributed by atoms with Crippen LogP contribution in [0.3, 0.4) is 0 Å². The molecule has 0 saturated heterocycles. The van der Waals surface area contributed by atoms with Crippen molar-refractivity contribution in [2.75, 3.05) is 24.0 Å². The predicted molar refractivity (Wildman–Crippen MR) is 116 cm³/mol. The molecule has 0 saturated carbocycles. The maximum absolute atomic E-state index is 13.3. The minimum Gasteiger partial charge on any atom is -0.379 e. The molecule has 2 rings (SSSR count). The number of ether oxygens (including phenoxy) is 1. The third-order valence-electron chi connectivity index (χ3n) is 4.33. The highest BCUT2D eigenvalue weighted by Crippen LogP contribution is 2.27. The second kappa shape index (κ2) is 10.4. The van der Waals surface area contributed by atoms with E-state index in [1.165, 1.54) is 16.4 Å². The summed E-state index contributed by atoms with van der Waals surface area (Å²) in [6.07, 6.45) is 0.806. The highest BCUT2D eigenvalue weighted by molar-refractivity contribution is 7.92. The molecule has 0 bridgehead atoms. The lowest BCUT2D eigenvalue weighted by molar-refractivity contribution is -0.119. The van der Waals surface area contributed by atoms with Gasteiger partial charge in [-0.25, -0.2) is 8.42 Å². The van der Waals surface area contributed by atoms with Crippen LogP contribution in [0.15, 0.2) is 53.4 Å². The van der Waals surface area contributed by atoms with Gasteiger partial charge in [-0.3, -0.25) is 9.10 Å². The van der Waals surface area contributed by atoms with Gasteiger partial charge in [-0.05, 0) is 57.9 Å². The Morgan fingerprint density at radius 3 is 2.41 bits per heavy atom. The number of sulfonamides is 1. The Labute approximate surface area is 173 Å². The van der Waals surface area contributed by atoms with Crippen molar-refractivity contribution >= 4 is 21.6 Å². The summed E-state index contributed by atoms with van der Waals surface area (Å²) >= 11 is 0. The monoisotopic (exact) mass is 418 g/mol. The van der Waals surface area contributed by atoms with Gasteiger partial charge in [0.1, 0.15) is 6.54 Å². The number of aryl methyl sites for hydroxylation is 2. The van der Waals surface area contributed by atoms with E-state index in [1.54, 1.807) is 24.3 Å². The zero-order valence-electron chi connectivity index (χ0n) is 17.5. The zero-order valence-corrected chi connectivity index (χ0v) is 18.3. The van der Waals surface area contributed by atoms with E-state index in [2.05, 4.69) is 5.32 Å². The largest absolute Gasteiger partial charge is 0.379 e. The third kappa shape index (κ3) is 6.58. The zero-order chi connectivity index (χ0) is 21.4. The number of benzene rings is 2. The van der Waals surface area contributed by atoms with E-state index in [4.69, 9.17) is 4.74 Å². The van der Waals surface area contributed by atoms with Crippen LogP contribution >= 0.6 is 0 Å². The van der Waals surface area contributed by atoms with Crippen molar-refractivity contribution in [1.29, 1.82) is 0 Å². The molecule has 0 heterocycles. The highest BCUT2D eigenvalue weighted by Gasteiger charge is 2.28. The smallest absolute Gasteiger partial charge is 0.264 e. The van der Waals surface area contributed by atoms with Gasteiger partial charge in [0.15, 0.2) is 0 Å². The molecule has 0 atom stereocenters. The molecular formula is C22H30N2O4S. The average Bonchev–Trinajstić information content (AvgIpc) is 2.67. The first kappa shape index (κ1) is 22.9. The Morgan fingerprint density at radius 1 is 1.10 bits per heavy atom. The number of carbonyl (C=O) groups is 1. The summed E-state index contributed by atoms with van der Waals surface area (Å²) in [7, 11) is -3.88. The molecule has 158 valence electrons. The summed E-state index contributed by atoms with van der Waals surface area (Å²) in [6, 6.07) is 13.7. The minimum atomic E-state index is -3.88. The summed E-state index contributed by atoms with van der Waals surface area (Å²) in [5.41, 5.74) is 2.32. The standard InChI is InChI=1S/C22H30N2O4S/c1-17(2)28-14-8-13-23-22(25)16-24(21-12-11-18(3)15-19(21)4)29(26,27)20-9-6-5-7-10-20/h5-7,9-12,15,17H,8,13-14,16H2,1-4H3,(H,23,25). The number of carbonyl (C=O) groups excluding carboxylic acids is 1. The summed E-state index contributed by atoms with van der Waals surface area (Å²) in [5, 5.41) is 2.79. The van der Waals surface area contributed by atoms with Gasteiger partial charge < -0.3 is 10.1 Å². The van der Waals surface area contributed by atoms with Crippen LogP contribution in [0.2, 0.25) is 0 Å². The first-order valence-corrected chi connectivity index (χ1v) is 11.2. The molecule has 2 aromatic carbocycles. The Morgan fingerprint density at radius 2 is 1.79 bits per heavy atom. The van der Waals surface area contributed by atoms with Crippen molar-refractivity contribution in [1.82, 2.24) is 5.32 Å². The Kier molecular flexibility index (Phi) is 8.22. The quantitative estimate of drug-likeness (QED) is 0.600. The van der Waals surface area contributed by atoms with Crippen molar-refractivity contribution in [3.8, 4) is 0 Å². The molecule has 0 aliphatic heterocycles. The number of rotatable bonds is 10. The third-order valence-corrected chi connectivity index (χ3v) is 6.11. The number of anilines is 1. The number of amides is 1. The molecule has 0 aromatic heterocycles. The van der Waals surface area contributed by atoms with E-state index >= 15 is 0 Å². The molecule has 29 heavy (non-hydrogen) atoms. The molecule has 7 heteroatoms. The Hall–Kier alpha value is -2.38. The van der Waals surface area contributed by atoms with E-state index in [-0.39, 0.29) is 23.5 Å². The van der Waals surface area contributed by atoms with Gasteiger partial charge in [0, 0.05) is 13.2 Å². The molecule has 2 aromatic rings. The van der Waals surface area contributed by atoms with E-state index in [0.717, 1.165) is 11.1 Å². The fourth-order valence-corrected chi connectivity index (χ4v) is 4.42. The summed E-state index contributed by atoms with van der Waals surface area (Å²) in [6.45, 7) is 8.38. The molecule has 6 nitrogen and oxygen atoms in total. The first-order valence-electron chi connectivity index (χ1n) is 9.75. The van der Waals surface area contributed by atoms with E-state index in [0.29, 0.717) is 25.3 Å². The van der Waals surface area contributed by atoms with Crippen LogP contribution in [-0.2, 0) is 19.6 Å². The SMILES string of the molecule is Cc1ccc(N(CC(=O)NCCCOC(C)C)S(=O)(=O)c2ccccc2)c(C)c1. The van der Waals surface area contributed by atoms with Crippen LogP contribution in [0.1, 0.15) is 31.4 Å². The van der Waals surface area contributed by atoms with Gasteiger partial charge in [0.2, 0.25) is 5.91 Å². The lowest BCUT2D eigenvalue weighted by Gasteiger charge is -2.26. The van der Waals surface area contributed by atoms with Gasteiger partial charge in [0.25, 0.3) is 10.0 Å². The highest BCUT2D eigenvalue weighted by atomic mass is 32.2. The molecule has 1 N–H and O–H groups in total. The lowest BCUT2D eigenvalue weighted by atomic mass is 10.1. The van der Waals surface area contributed by atoms with Gasteiger partial charge in [-0.15, -0.1) is 0 Å². The number of nitrogens with zero attached hydrogens (tertiary/aromatic N) is 1. The number of hydrogen-bond donors (Lipinski definition) is 1. The molecule has 0 aliphatic rings. The van der Waals surface area contributed by atoms with Crippen molar-refractivity contribution in [2.45, 2.75) is 45.1 Å². The topological polar surface area (TPSA) is 75.7 Å². The molecule has 0 aliphatic carbocycles. The maximum atomic E-state index is 13.3. The van der Waals surface area contributed by atoms with E-state index in [1.807, 2.05) is 39.8 Å². The fourth-order valence-electron chi connectivity index (χ4n) is 2.91. The second-order valence-electron chi connectivity index (χ2n) is 7.24. The molecular weight excluding hydrogens is 388 g/mol. The average molecular weight is 419 g/mol. The number of hydrogen-bond acceptors (Lipinski definition) is 4. The van der Waals surface area contributed by atoms with Crippen LogP contribution in [-0.4, -0.2) is 40.1 Å². The van der Waals surface area contributed by atoms with Crippen molar-refractivity contribution in [3.05, 3.63) is 59.7 Å². The summed E-state index contributed by atoms with van der Waals surface area (Å²) < 4.78 is 33.2. The summed E-state index contributed by atoms with van der Waals surface area (Å²) in [4.78, 5) is 12.7. The fraction of sp³-hybridized carbons (Fsp3) is 0.409. The number of nitrogens with one attached hydrogen (secondary N) is 1.